The highest BCUT2D eigenvalue weighted by atomic mass is 31.2. The maximum absolute atomic E-state index is 12.9. The first-order chi connectivity index (χ1) is 34.5. The molecule has 420 valence electrons. The fraction of sp³-hybridized carbons (Fsp3) is 0.887. The van der Waals surface area contributed by atoms with Gasteiger partial charge in [0.15, 0.2) is 0 Å². The first kappa shape index (κ1) is 69.7. The number of hydrogen-bond acceptors (Lipinski definition) is 5. The minimum atomic E-state index is -4.34. The lowest BCUT2D eigenvalue weighted by molar-refractivity contribution is -0.870. The zero-order chi connectivity index (χ0) is 52.0. The molecule has 0 aromatic heterocycles. The standard InChI is InChI=1S/C62H121N2O6P/c1-6-8-10-12-14-16-18-19-20-21-22-23-24-25-26-27-28-29-30-31-32-33-34-35-36-37-38-39-40-41-42-43-44-45-46-48-50-52-54-56-62(66)63-60(59-70-71(67,68)69-58-57-64(3,4)5)61(65)55-53-51-49-47-17-15-13-11-9-7-2/h28-29,31-32,53,55,60-61,65H,6-27,30,33-52,54,56-59H2,1-5H3,(H-,63,66,67,68)/p+1/b29-28-,32-31-,55-53+. The van der Waals surface area contributed by atoms with Gasteiger partial charge in [-0.3, -0.25) is 13.8 Å². The van der Waals surface area contributed by atoms with Crippen LogP contribution >= 0.6 is 7.82 Å². The van der Waals surface area contributed by atoms with Crippen LogP contribution in [0.5, 0.6) is 0 Å². The van der Waals surface area contributed by atoms with Crippen LogP contribution in [0.4, 0.5) is 0 Å². The number of nitrogens with one attached hydrogen (secondary N) is 1. The van der Waals surface area contributed by atoms with Crippen molar-refractivity contribution in [2.45, 2.75) is 315 Å². The summed E-state index contributed by atoms with van der Waals surface area (Å²) in [6, 6.07) is -0.844. The molecule has 0 fully saturated rings. The minimum absolute atomic E-state index is 0.0624. The van der Waals surface area contributed by atoms with E-state index in [2.05, 4.69) is 43.5 Å². The molecule has 0 aromatic carbocycles. The summed E-state index contributed by atoms with van der Waals surface area (Å²) in [6.45, 7) is 4.82. The molecular weight excluding hydrogens is 900 g/mol. The van der Waals surface area contributed by atoms with Gasteiger partial charge in [0, 0.05) is 6.42 Å². The Morgan fingerprint density at radius 2 is 0.803 bits per heavy atom. The number of amides is 1. The number of phosphoric ester groups is 1. The maximum atomic E-state index is 12.9. The molecule has 0 aliphatic carbocycles. The van der Waals surface area contributed by atoms with Gasteiger partial charge in [-0.05, 0) is 51.4 Å². The van der Waals surface area contributed by atoms with Gasteiger partial charge >= 0.3 is 7.82 Å². The summed E-state index contributed by atoms with van der Waals surface area (Å²) in [7, 11) is 1.58. The maximum Gasteiger partial charge on any atom is 0.472 e. The number of aliphatic hydroxyl groups is 1. The largest absolute Gasteiger partial charge is 0.472 e. The Morgan fingerprint density at radius 3 is 1.15 bits per heavy atom. The number of nitrogens with zero attached hydrogens (tertiary/aromatic N) is 1. The van der Waals surface area contributed by atoms with E-state index in [1.807, 2.05) is 27.2 Å². The molecule has 9 heteroatoms. The molecule has 0 saturated carbocycles. The van der Waals surface area contributed by atoms with Gasteiger partial charge in [-0.1, -0.05) is 281 Å². The number of hydrogen-bond donors (Lipinski definition) is 3. The van der Waals surface area contributed by atoms with E-state index in [0.717, 1.165) is 44.9 Å². The van der Waals surface area contributed by atoms with Crippen molar-refractivity contribution >= 4 is 13.7 Å². The number of likely N-dealkylation sites (N-methyl/N-ethyl adjacent to an activating group) is 1. The van der Waals surface area contributed by atoms with Crippen LogP contribution in [-0.4, -0.2) is 73.4 Å². The van der Waals surface area contributed by atoms with Crippen molar-refractivity contribution in [3.63, 3.8) is 0 Å². The SMILES string of the molecule is CCCCCCCCCC/C=C/C(O)C(COP(=O)(O)OCC[N+](C)(C)C)NC(=O)CCCCCCCCCCCCCCCCCCC/C=C\C/C=C\CCCCCCCCCCCCCCCCC. The van der Waals surface area contributed by atoms with Crippen LogP contribution < -0.4 is 5.32 Å². The Hall–Kier alpha value is -1.28. The second-order valence-electron chi connectivity index (χ2n) is 22.4. The van der Waals surface area contributed by atoms with Gasteiger partial charge in [0.2, 0.25) is 5.91 Å². The quantitative estimate of drug-likeness (QED) is 0.0243. The normalized spacial score (nSPS) is 14.1. The van der Waals surface area contributed by atoms with Crippen LogP contribution in [0.1, 0.15) is 303 Å². The lowest BCUT2D eigenvalue weighted by atomic mass is 10.0. The molecule has 0 heterocycles. The first-order valence-electron chi connectivity index (χ1n) is 30.9. The van der Waals surface area contributed by atoms with E-state index < -0.39 is 20.0 Å². The van der Waals surface area contributed by atoms with E-state index in [1.54, 1.807) is 6.08 Å². The molecule has 8 nitrogen and oxygen atoms in total. The van der Waals surface area contributed by atoms with E-state index >= 15 is 0 Å². The third-order valence-corrected chi connectivity index (χ3v) is 15.1. The van der Waals surface area contributed by atoms with Crippen molar-refractivity contribution in [2.75, 3.05) is 40.9 Å². The Labute approximate surface area is 442 Å². The van der Waals surface area contributed by atoms with Crippen LogP contribution in [0.25, 0.3) is 0 Å². The molecule has 0 spiro atoms. The van der Waals surface area contributed by atoms with E-state index in [9.17, 15) is 19.4 Å². The Balaban J connectivity index is 3.84. The molecule has 0 rings (SSSR count). The van der Waals surface area contributed by atoms with Crippen LogP contribution in [0.2, 0.25) is 0 Å². The van der Waals surface area contributed by atoms with E-state index in [4.69, 9.17) is 9.05 Å². The summed E-state index contributed by atoms with van der Waals surface area (Å²) in [5.74, 6) is -0.176. The third-order valence-electron chi connectivity index (χ3n) is 14.1. The topological polar surface area (TPSA) is 105 Å². The molecule has 3 N–H and O–H groups in total. The number of allylic oxidation sites excluding steroid dienone is 5. The van der Waals surface area contributed by atoms with E-state index in [-0.39, 0.29) is 19.1 Å². The van der Waals surface area contributed by atoms with Crippen molar-refractivity contribution in [3.05, 3.63) is 36.5 Å². The van der Waals surface area contributed by atoms with E-state index in [1.165, 1.54) is 238 Å². The minimum Gasteiger partial charge on any atom is -0.387 e. The molecule has 71 heavy (non-hydrogen) atoms. The van der Waals surface area contributed by atoms with Gasteiger partial charge in [0.25, 0.3) is 0 Å². The highest BCUT2D eigenvalue weighted by molar-refractivity contribution is 7.47. The fourth-order valence-corrected chi connectivity index (χ4v) is 9.99. The van der Waals surface area contributed by atoms with Gasteiger partial charge < -0.3 is 19.8 Å². The monoisotopic (exact) mass is 1020 g/mol. The molecule has 0 aliphatic heterocycles. The Morgan fingerprint density at radius 1 is 0.479 bits per heavy atom. The summed E-state index contributed by atoms with van der Waals surface area (Å²) in [5.41, 5.74) is 0. The number of phosphoric acid groups is 1. The molecule has 0 radical (unpaired) electrons. The lowest BCUT2D eigenvalue weighted by Gasteiger charge is -2.25. The second-order valence-corrected chi connectivity index (χ2v) is 23.9. The van der Waals surface area contributed by atoms with Gasteiger partial charge in [-0.15, -0.1) is 0 Å². The predicted molar refractivity (Wildman–Crippen MR) is 309 cm³/mol. The van der Waals surface area contributed by atoms with Crippen molar-refractivity contribution in [1.82, 2.24) is 5.32 Å². The zero-order valence-corrected chi connectivity index (χ0v) is 48.9. The number of unbranched alkanes of at least 4 members (excludes halogenated alkanes) is 40. The highest BCUT2D eigenvalue weighted by Crippen LogP contribution is 2.43. The van der Waals surface area contributed by atoms with Crippen LogP contribution in [0, 0.1) is 0 Å². The summed E-state index contributed by atoms with van der Waals surface area (Å²) in [5, 5.41) is 13.8. The number of carbonyl (C=O) groups is 1. The molecule has 0 bridgehead atoms. The molecule has 0 aromatic rings. The average molecular weight is 1020 g/mol. The first-order valence-corrected chi connectivity index (χ1v) is 32.4. The predicted octanol–water partition coefficient (Wildman–Crippen LogP) is 18.9. The summed E-state index contributed by atoms with van der Waals surface area (Å²) >= 11 is 0. The number of rotatable bonds is 57. The molecule has 0 aliphatic rings. The summed E-state index contributed by atoms with van der Waals surface area (Å²) in [4.78, 5) is 23.2. The molecular formula is C62H122N2O6P+. The van der Waals surface area contributed by atoms with Crippen LogP contribution in [-0.2, 0) is 18.4 Å². The number of carbonyl (C=O) groups excluding carboxylic acids is 1. The van der Waals surface area contributed by atoms with Crippen molar-refractivity contribution in [3.8, 4) is 0 Å². The third kappa shape index (κ3) is 56.3. The van der Waals surface area contributed by atoms with E-state index in [0.29, 0.717) is 17.4 Å². The summed E-state index contributed by atoms with van der Waals surface area (Å²) in [6.07, 6.45) is 70.1. The van der Waals surface area contributed by atoms with Crippen molar-refractivity contribution in [2.24, 2.45) is 0 Å². The lowest BCUT2D eigenvalue weighted by Crippen LogP contribution is -2.45. The molecule has 1 amide bonds. The highest BCUT2D eigenvalue weighted by Gasteiger charge is 2.27. The molecule has 3 unspecified atom stereocenters. The smallest absolute Gasteiger partial charge is 0.387 e. The number of quaternary nitrogens is 1. The van der Waals surface area contributed by atoms with Crippen LogP contribution in [0.15, 0.2) is 36.5 Å². The van der Waals surface area contributed by atoms with Gasteiger partial charge in [0.1, 0.15) is 13.2 Å². The Kier molecular flexibility index (Phi) is 52.6. The Bertz CT molecular complexity index is 1250. The number of aliphatic hydroxyl groups excluding tert-OH is 1. The van der Waals surface area contributed by atoms with Gasteiger partial charge in [0.05, 0.1) is 39.9 Å². The molecule has 0 saturated heterocycles. The summed E-state index contributed by atoms with van der Waals surface area (Å²) < 4.78 is 23.6. The second kappa shape index (κ2) is 53.5. The van der Waals surface area contributed by atoms with Crippen molar-refractivity contribution in [1.29, 1.82) is 0 Å². The van der Waals surface area contributed by atoms with Crippen LogP contribution in [0.3, 0.4) is 0 Å². The fourth-order valence-electron chi connectivity index (χ4n) is 9.25. The van der Waals surface area contributed by atoms with Gasteiger partial charge in [-0.25, -0.2) is 4.57 Å². The average Bonchev–Trinajstić information content (AvgIpc) is 3.33. The van der Waals surface area contributed by atoms with Gasteiger partial charge in [-0.2, -0.15) is 0 Å². The molecule has 3 atom stereocenters. The zero-order valence-electron chi connectivity index (χ0n) is 48.0. The van der Waals surface area contributed by atoms with Crippen molar-refractivity contribution < 1.29 is 32.9 Å².